The van der Waals surface area contributed by atoms with Gasteiger partial charge in [-0.25, -0.2) is 0 Å². The molecule has 1 unspecified atom stereocenters. The van der Waals surface area contributed by atoms with Gasteiger partial charge < -0.3 is 9.73 Å². The lowest BCUT2D eigenvalue weighted by atomic mass is 9.87. The smallest absolute Gasteiger partial charge is 0.231 e. The van der Waals surface area contributed by atoms with Crippen molar-refractivity contribution in [3.8, 4) is 0 Å². The van der Waals surface area contributed by atoms with Crippen molar-refractivity contribution < 1.29 is 23.6 Å². The number of anilines is 1. The SMILES string of the molecule is CC1CCc2c(sc(NC(=O)CCN3C(=O)CCC3=O)c2C(=O)c2ccco2)C1. The molecule has 2 aromatic heterocycles. The van der Waals surface area contributed by atoms with Gasteiger partial charge in [-0.05, 0) is 42.9 Å². The van der Waals surface area contributed by atoms with Crippen molar-refractivity contribution >= 4 is 39.8 Å². The zero-order valence-electron chi connectivity index (χ0n) is 16.2. The van der Waals surface area contributed by atoms with Gasteiger partial charge in [-0.1, -0.05) is 6.92 Å². The summed E-state index contributed by atoms with van der Waals surface area (Å²) in [6.45, 7) is 2.24. The van der Waals surface area contributed by atoms with E-state index in [-0.39, 0.29) is 55.1 Å². The van der Waals surface area contributed by atoms with Gasteiger partial charge in [0.25, 0.3) is 0 Å². The summed E-state index contributed by atoms with van der Waals surface area (Å²) in [6.07, 6.45) is 4.54. The van der Waals surface area contributed by atoms with Crippen molar-refractivity contribution in [3.05, 3.63) is 40.2 Å². The van der Waals surface area contributed by atoms with E-state index in [0.717, 1.165) is 34.6 Å². The molecule has 7 nitrogen and oxygen atoms in total. The molecule has 3 amide bonds. The van der Waals surface area contributed by atoms with E-state index in [9.17, 15) is 19.2 Å². The van der Waals surface area contributed by atoms with Gasteiger partial charge in [0.15, 0.2) is 5.76 Å². The van der Waals surface area contributed by atoms with Gasteiger partial charge in [0.2, 0.25) is 23.5 Å². The first kappa shape index (κ1) is 19.6. The third-order valence-corrected chi connectivity index (χ3v) is 6.62. The lowest BCUT2D eigenvalue weighted by molar-refractivity contribution is -0.138. The molecule has 1 N–H and O–H groups in total. The maximum atomic E-state index is 13.0. The van der Waals surface area contributed by atoms with E-state index in [0.29, 0.717) is 16.5 Å². The van der Waals surface area contributed by atoms with Gasteiger partial charge in [-0.2, -0.15) is 0 Å². The number of imide groups is 1. The molecule has 3 heterocycles. The maximum Gasteiger partial charge on any atom is 0.231 e. The lowest BCUT2D eigenvalue weighted by Crippen LogP contribution is -2.32. The second-order valence-electron chi connectivity index (χ2n) is 7.60. The number of carbonyl (C=O) groups is 4. The summed E-state index contributed by atoms with van der Waals surface area (Å²) in [4.78, 5) is 51.3. The van der Waals surface area contributed by atoms with Crippen molar-refractivity contribution in [1.82, 2.24) is 4.90 Å². The van der Waals surface area contributed by atoms with Crippen molar-refractivity contribution in [3.63, 3.8) is 0 Å². The zero-order chi connectivity index (χ0) is 20.5. The number of ketones is 1. The summed E-state index contributed by atoms with van der Waals surface area (Å²) >= 11 is 1.44. The fraction of sp³-hybridized carbons (Fsp3) is 0.429. The molecule has 0 radical (unpaired) electrons. The number of nitrogens with one attached hydrogen (secondary N) is 1. The van der Waals surface area contributed by atoms with Crippen LogP contribution >= 0.6 is 11.3 Å². The Morgan fingerprint density at radius 1 is 1.24 bits per heavy atom. The van der Waals surface area contributed by atoms with Crippen LogP contribution in [0.25, 0.3) is 0 Å². The first-order valence-corrected chi connectivity index (χ1v) is 10.6. The molecule has 4 rings (SSSR count). The highest BCUT2D eigenvalue weighted by molar-refractivity contribution is 7.17. The highest BCUT2D eigenvalue weighted by Gasteiger charge is 2.31. The molecule has 152 valence electrons. The van der Waals surface area contributed by atoms with E-state index in [1.165, 1.54) is 17.6 Å². The van der Waals surface area contributed by atoms with E-state index >= 15 is 0 Å². The minimum atomic E-state index is -0.322. The quantitative estimate of drug-likeness (QED) is 0.578. The van der Waals surface area contributed by atoms with Crippen LogP contribution in [0.2, 0.25) is 0 Å². The highest BCUT2D eigenvalue weighted by Crippen LogP contribution is 2.40. The normalized spacial score (nSPS) is 18.8. The van der Waals surface area contributed by atoms with Crippen LogP contribution in [0.15, 0.2) is 22.8 Å². The number of nitrogens with zero attached hydrogens (tertiary/aromatic N) is 1. The van der Waals surface area contributed by atoms with Crippen LogP contribution in [0.1, 0.15) is 59.2 Å². The molecule has 1 saturated heterocycles. The monoisotopic (exact) mass is 414 g/mol. The minimum Gasteiger partial charge on any atom is -0.461 e. The van der Waals surface area contributed by atoms with Gasteiger partial charge >= 0.3 is 0 Å². The van der Waals surface area contributed by atoms with Gasteiger partial charge in [0, 0.05) is 30.7 Å². The number of furan rings is 1. The molecule has 0 spiro atoms. The van der Waals surface area contributed by atoms with Crippen molar-refractivity contribution in [2.24, 2.45) is 5.92 Å². The van der Waals surface area contributed by atoms with Gasteiger partial charge in [0.05, 0.1) is 11.8 Å². The molecule has 2 aliphatic rings. The zero-order valence-corrected chi connectivity index (χ0v) is 17.0. The van der Waals surface area contributed by atoms with Gasteiger partial charge in [0.1, 0.15) is 5.00 Å². The van der Waals surface area contributed by atoms with E-state index in [1.807, 2.05) is 0 Å². The van der Waals surface area contributed by atoms with Gasteiger partial charge in [-0.3, -0.25) is 24.1 Å². The molecule has 1 atom stereocenters. The lowest BCUT2D eigenvalue weighted by Gasteiger charge is -2.18. The molecular formula is C21H22N2O5S. The van der Waals surface area contributed by atoms with Crippen LogP contribution in [0, 0.1) is 5.92 Å². The van der Waals surface area contributed by atoms with Crippen LogP contribution in [0.5, 0.6) is 0 Å². The van der Waals surface area contributed by atoms with Crippen LogP contribution in [-0.2, 0) is 27.2 Å². The fourth-order valence-corrected chi connectivity index (χ4v) is 5.31. The molecule has 8 heteroatoms. The Morgan fingerprint density at radius 2 is 2.00 bits per heavy atom. The molecule has 1 aliphatic heterocycles. The molecule has 0 aromatic carbocycles. The first-order chi connectivity index (χ1) is 13.9. The molecule has 0 saturated carbocycles. The Hall–Kier alpha value is -2.74. The summed E-state index contributed by atoms with van der Waals surface area (Å²) in [7, 11) is 0. The summed E-state index contributed by atoms with van der Waals surface area (Å²) in [6, 6.07) is 3.28. The van der Waals surface area contributed by atoms with Crippen molar-refractivity contribution in [2.75, 3.05) is 11.9 Å². The number of likely N-dealkylation sites (tertiary alicyclic amines) is 1. The van der Waals surface area contributed by atoms with E-state index in [1.54, 1.807) is 12.1 Å². The topological polar surface area (TPSA) is 96.7 Å². The van der Waals surface area contributed by atoms with Crippen LogP contribution in [0.4, 0.5) is 5.00 Å². The second-order valence-corrected chi connectivity index (χ2v) is 8.70. The van der Waals surface area contributed by atoms with Gasteiger partial charge in [-0.15, -0.1) is 11.3 Å². The van der Waals surface area contributed by atoms with Crippen LogP contribution < -0.4 is 5.32 Å². The Kier molecular flexibility index (Phi) is 5.36. The Morgan fingerprint density at radius 3 is 2.69 bits per heavy atom. The second kappa shape index (κ2) is 7.94. The number of amides is 3. The maximum absolute atomic E-state index is 13.0. The number of fused-ring (bicyclic) bond motifs is 1. The molecular weight excluding hydrogens is 392 g/mol. The van der Waals surface area contributed by atoms with E-state index in [4.69, 9.17) is 4.42 Å². The number of hydrogen-bond acceptors (Lipinski definition) is 6. The Labute approximate surface area is 172 Å². The average molecular weight is 414 g/mol. The molecule has 1 aliphatic carbocycles. The first-order valence-electron chi connectivity index (χ1n) is 9.79. The van der Waals surface area contributed by atoms with E-state index in [2.05, 4.69) is 12.2 Å². The predicted octanol–water partition coefficient (Wildman–Crippen LogP) is 3.17. The largest absolute Gasteiger partial charge is 0.461 e. The number of thiophene rings is 1. The molecule has 0 bridgehead atoms. The third-order valence-electron chi connectivity index (χ3n) is 5.45. The van der Waals surface area contributed by atoms with Crippen LogP contribution in [0.3, 0.4) is 0 Å². The molecule has 1 fully saturated rings. The standard InChI is InChI=1S/C21H22N2O5S/c1-12-4-5-13-15(11-12)29-21(19(13)20(27)14-3-2-10-28-14)22-16(24)8-9-23-17(25)6-7-18(23)26/h2-3,10,12H,4-9,11H2,1H3,(H,22,24). The Bertz CT molecular complexity index is 960. The number of carbonyl (C=O) groups excluding carboxylic acids is 4. The molecule has 29 heavy (non-hydrogen) atoms. The summed E-state index contributed by atoms with van der Waals surface area (Å²) in [5.74, 6) is -0.259. The number of rotatable bonds is 6. The number of hydrogen-bond donors (Lipinski definition) is 1. The summed E-state index contributed by atoms with van der Waals surface area (Å²) in [5, 5.41) is 3.37. The third kappa shape index (κ3) is 3.89. The predicted molar refractivity (Wildman–Crippen MR) is 107 cm³/mol. The van der Waals surface area contributed by atoms with Crippen LogP contribution in [-0.4, -0.2) is 34.9 Å². The summed E-state index contributed by atoms with van der Waals surface area (Å²) < 4.78 is 5.29. The van der Waals surface area contributed by atoms with Crippen molar-refractivity contribution in [1.29, 1.82) is 0 Å². The highest BCUT2D eigenvalue weighted by atomic mass is 32.1. The Balaban J connectivity index is 1.54. The van der Waals surface area contributed by atoms with E-state index < -0.39 is 0 Å². The minimum absolute atomic E-state index is 0.00479. The summed E-state index contributed by atoms with van der Waals surface area (Å²) in [5.41, 5.74) is 1.50. The fourth-order valence-electron chi connectivity index (χ4n) is 3.88. The molecule has 2 aromatic rings. The van der Waals surface area contributed by atoms with Crippen molar-refractivity contribution in [2.45, 2.75) is 45.4 Å². The average Bonchev–Trinajstić information content (AvgIpc) is 3.39.